The summed E-state index contributed by atoms with van der Waals surface area (Å²) < 4.78 is 4.99. The number of aliphatic carboxylic acids is 1. The number of carboxylic acid groups (broad SMARTS) is 1. The molecule has 0 aliphatic heterocycles. The Bertz CT molecular complexity index is 405. The molecule has 0 saturated heterocycles. The number of nitrogens with one attached hydrogen (secondary N) is 2. The lowest BCUT2D eigenvalue weighted by Crippen LogP contribution is -2.52. The summed E-state index contributed by atoms with van der Waals surface area (Å²) in [6.45, 7) is 6.42. The summed E-state index contributed by atoms with van der Waals surface area (Å²) in [7, 11) is 0. The highest BCUT2D eigenvalue weighted by atomic mass is 16.6. The molecule has 0 unspecified atom stereocenters. The molecule has 0 aromatic heterocycles. The van der Waals surface area contributed by atoms with Gasteiger partial charge in [0.25, 0.3) is 0 Å². The topological polar surface area (TPSA) is 151 Å². The Morgan fingerprint density at radius 3 is 2.23 bits per heavy atom. The van der Waals surface area contributed by atoms with Crippen molar-refractivity contribution in [1.29, 1.82) is 0 Å². The summed E-state index contributed by atoms with van der Waals surface area (Å²) in [5.74, 6) is -2.04. The largest absolute Gasteiger partial charge is 0.480 e. The molecule has 2 amide bonds. The minimum absolute atomic E-state index is 0.00389. The molecule has 0 aliphatic rings. The average Bonchev–Trinajstić information content (AvgIpc) is 2.33. The van der Waals surface area contributed by atoms with Crippen molar-refractivity contribution in [2.45, 2.75) is 57.9 Å². The maximum Gasteiger partial charge on any atom is 0.407 e. The van der Waals surface area contributed by atoms with Crippen LogP contribution in [-0.4, -0.2) is 58.5 Å². The number of carboxylic acids is 1. The Kier molecular flexibility index (Phi) is 7.82. The van der Waals surface area contributed by atoms with Gasteiger partial charge in [0, 0.05) is 6.54 Å². The third-order valence-electron chi connectivity index (χ3n) is 2.54. The molecular weight excluding hydrogens is 294 g/mol. The predicted octanol–water partition coefficient (Wildman–Crippen LogP) is -0.821. The van der Waals surface area contributed by atoms with Gasteiger partial charge in [-0.2, -0.15) is 0 Å². The summed E-state index contributed by atoms with van der Waals surface area (Å²) in [5.41, 5.74) is 4.75. The van der Waals surface area contributed by atoms with Crippen molar-refractivity contribution in [2.24, 2.45) is 5.73 Å². The van der Waals surface area contributed by atoms with Crippen molar-refractivity contribution < 1.29 is 29.3 Å². The quantitative estimate of drug-likeness (QED) is 0.411. The molecule has 22 heavy (non-hydrogen) atoms. The molecule has 9 heteroatoms. The molecular formula is C13H25N3O6. The SMILES string of the molecule is C[C@@H](O)[C@H](N)C(=O)N[C@@H](CCNC(=O)OC(C)(C)C)C(=O)O. The second-order valence-electron chi connectivity index (χ2n) is 5.88. The number of carbonyl (C=O) groups excluding carboxylic acids is 2. The van der Waals surface area contributed by atoms with Gasteiger partial charge in [-0.3, -0.25) is 4.79 Å². The van der Waals surface area contributed by atoms with Crippen LogP contribution in [0.2, 0.25) is 0 Å². The van der Waals surface area contributed by atoms with Crippen molar-refractivity contribution >= 4 is 18.0 Å². The highest BCUT2D eigenvalue weighted by molar-refractivity contribution is 5.87. The summed E-state index contributed by atoms with van der Waals surface area (Å²) in [6, 6.07) is -2.45. The highest BCUT2D eigenvalue weighted by Crippen LogP contribution is 2.06. The second kappa shape index (κ2) is 8.54. The smallest absolute Gasteiger partial charge is 0.407 e. The Balaban J connectivity index is 4.35. The maximum absolute atomic E-state index is 11.6. The number of aliphatic hydroxyl groups excluding tert-OH is 1. The van der Waals surface area contributed by atoms with E-state index in [0.717, 1.165) is 0 Å². The van der Waals surface area contributed by atoms with Gasteiger partial charge in [-0.05, 0) is 34.1 Å². The second-order valence-corrected chi connectivity index (χ2v) is 5.88. The third-order valence-corrected chi connectivity index (χ3v) is 2.54. The minimum Gasteiger partial charge on any atom is -0.480 e. The van der Waals surface area contributed by atoms with Crippen LogP contribution < -0.4 is 16.4 Å². The lowest BCUT2D eigenvalue weighted by molar-refractivity contribution is -0.142. The van der Waals surface area contributed by atoms with E-state index in [0.29, 0.717) is 0 Å². The number of carbonyl (C=O) groups is 3. The number of hydrogen-bond donors (Lipinski definition) is 5. The van der Waals surface area contributed by atoms with E-state index in [9.17, 15) is 19.5 Å². The molecule has 0 heterocycles. The van der Waals surface area contributed by atoms with E-state index in [1.165, 1.54) is 6.92 Å². The van der Waals surface area contributed by atoms with Gasteiger partial charge in [0.15, 0.2) is 0 Å². The van der Waals surface area contributed by atoms with Crippen molar-refractivity contribution in [3.05, 3.63) is 0 Å². The van der Waals surface area contributed by atoms with Gasteiger partial charge in [-0.1, -0.05) is 0 Å². The molecule has 9 nitrogen and oxygen atoms in total. The number of amides is 2. The molecule has 0 fully saturated rings. The van der Waals surface area contributed by atoms with Gasteiger partial charge >= 0.3 is 12.1 Å². The van der Waals surface area contributed by atoms with E-state index in [-0.39, 0.29) is 13.0 Å². The lowest BCUT2D eigenvalue weighted by Gasteiger charge is -2.21. The standard InChI is InChI=1S/C13H25N3O6/c1-7(17)9(14)10(18)16-8(11(19)20)5-6-15-12(21)22-13(2,3)4/h7-9,17H,5-6,14H2,1-4H3,(H,15,21)(H,16,18)(H,19,20)/t7-,8+,9+/m1/s1. The number of hydrogen-bond acceptors (Lipinski definition) is 6. The van der Waals surface area contributed by atoms with Gasteiger partial charge < -0.3 is 31.3 Å². The zero-order valence-corrected chi connectivity index (χ0v) is 13.3. The molecule has 0 aromatic rings. The van der Waals surface area contributed by atoms with E-state index >= 15 is 0 Å². The van der Waals surface area contributed by atoms with Gasteiger partial charge in [-0.25, -0.2) is 9.59 Å². The van der Waals surface area contributed by atoms with Gasteiger partial charge in [0.2, 0.25) is 5.91 Å². The average molecular weight is 319 g/mol. The van der Waals surface area contributed by atoms with Crippen molar-refractivity contribution in [1.82, 2.24) is 10.6 Å². The van der Waals surface area contributed by atoms with E-state index in [1.807, 2.05) is 0 Å². The number of ether oxygens (including phenoxy) is 1. The fourth-order valence-corrected chi connectivity index (χ4v) is 1.38. The first-order valence-corrected chi connectivity index (χ1v) is 6.87. The van der Waals surface area contributed by atoms with Crippen molar-refractivity contribution in [3.63, 3.8) is 0 Å². The van der Waals surface area contributed by atoms with E-state index in [2.05, 4.69) is 10.6 Å². The van der Waals surface area contributed by atoms with Crippen molar-refractivity contribution in [2.75, 3.05) is 6.54 Å². The van der Waals surface area contributed by atoms with Crippen LogP contribution in [0.15, 0.2) is 0 Å². The van der Waals surface area contributed by atoms with Gasteiger partial charge in [0.05, 0.1) is 6.10 Å². The summed E-state index contributed by atoms with van der Waals surface area (Å²) in [5, 5.41) is 22.8. The molecule has 128 valence electrons. The maximum atomic E-state index is 11.6. The molecule has 0 aromatic carbocycles. The summed E-state index contributed by atoms with van der Waals surface area (Å²) in [6.07, 6.45) is -1.83. The molecule has 0 radical (unpaired) electrons. The first kappa shape index (κ1) is 20.1. The lowest BCUT2D eigenvalue weighted by atomic mass is 10.1. The van der Waals surface area contributed by atoms with Crippen LogP contribution in [0.5, 0.6) is 0 Å². The van der Waals surface area contributed by atoms with Crippen LogP contribution in [0.3, 0.4) is 0 Å². The Labute approximate surface area is 129 Å². The fraction of sp³-hybridized carbons (Fsp3) is 0.769. The normalized spacial score (nSPS) is 15.4. The van der Waals surface area contributed by atoms with Crippen molar-refractivity contribution in [3.8, 4) is 0 Å². The fourth-order valence-electron chi connectivity index (χ4n) is 1.38. The Hall–Kier alpha value is -1.87. The number of aliphatic hydroxyl groups is 1. The van der Waals surface area contributed by atoms with Crippen LogP contribution in [0.4, 0.5) is 4.79 Å². The zero-order valence-electron chi connectivity index (χ0n) is 13.3. The first-order valence-electron chi connectivity index (χ1n) is 6.87. The van der Waals surface area contributed by atoms with E-state index in [4.69, 9.17) is 15.6 Å². The Morgan fingerprint density at radius 2 is 1.82 bits per heavy atom. The minimum atomic E-state index is -1.27. The van der Waals surface area contributed by atoms with E-state index in [1.54, 1.807) is 20.8 Å². The highest BCUT2D eigenvalue weighted by Gasteiger charge is 2.25. The number of nitrogens with two attached hydrogens (primary N) is 1. The molecule has 6 N–H and O–H groups in total. The van der Waals surface area contributed by atoms with Crippen LogP contribution in [-0.2, 0) is 14.3 Å². The van der Waals surface area contributed by atoms with Crippen LogP contribution >= 0.6 is 0 Å². The number of rotatable bonds is 7. The van der Waals surface area contributed by atoms with Crippen LogP contribution in [0.25, 0.3) is 0 Å². The zero-order chi connectivity index (χ0) is 17.5. The Morgan fingerprint density at radius 1 is 1.27 bits per heavy atom. The van der Waals surface area contributed by atoms with Crippen LogP contribution in [0, 0.1) is 0 Å². The summed E-state index contributed by atoms with van der Waals surface area (Å²) >= 11 is 0. The molecule has 0 aliphatic carbocycles. The summed E-state index contributed by atoms with van der Waals surface area (Å²) in [4.78, 5) is 34.1. The molecule has 0 spiro atoms. The molecule has 0 bridgehead atoms. The molecule has 3 atom stereocenters. The molecule has 0 saturated carbocycles. The predicted molar refractivity (Wildman–Crippen MR) is 78.1 cm³/mol. The molecule has 0 rings (SSSR count). The third kappa shape index (κ3) is 8.42. The van der Waals surface area contributed by atoms with E-state index < -0.39 is 41.8 Å². The van der Waals surface area contributed by atoms with Gasteiger partial charge in [-0.15, -0.1) is 0 Å². The monoisotopic (exact) mass is 319 g/mol. The first-order chi connectivity index (χ1) is 9.94. The van der Waals surface area contributed by atoms with Gasteiger partial charge in [0.1, 0.15) is 17.7 Å². The van der Waals surface area contributed by atoms with Crippen LogP contribution in [0.1, 0.15) is 34.1 Å². The number of alkyl carbamates (subject to hydrolysis) is 1.